The lowest BCUT2D eigenvalue weighted by molar-refractivity contribution is 0.0747. The predicted octanol–water partition coefficient (Wildman–Crippen LogP) is 1.31. The van der Waals surface area contributed by atoms with E-state index in [-0.39, 0.29) is 24.8 Å². The summed E-state index contributed by atoms with van der Waals surface area (Å²) in [6.45, 7) is 1.33. The molecular formula is C13H21NO4. The van der Waals surface area contributed by atoms with Crippen molar-refractivity contribution in [3.63, 3.8) is 0 Å². The van der Waals surface area contributed by atoms with E-state index in [1.165, 1.54) is 0 Å². The molecule has 0 bridgehead atoms. The first-order valence-electron chi connectivity index (χ1n) is 6.64. The van der Waals surface area contributed by atoms with Gasteiger partial charge in [-0.2, -0.15) is 0 Å². The van der Waals surface area contributed by atoms with Crippen molar-refractivity contribution in [3.05, 3.63) is 12.2 Å². The second kappa shape index (κ2) is 6.75. The molecule has 0 aromatic rings. The Hall–Kier alpha value is -1.07. The van der Waals surface area contributed by atoms with E-state index in [4.69, 9.17) is 14.6 Å². The molecule has 1 aliphatic heterocycles. The largest absolute Gasteiger partial charge is 0.444 e. The van der Waals surface area contributed by atoms with Gasteiger partial charge in [-0.25, -0.2) is 4.79 Å². The van der Waals surface area contributed by atoms with E-state index in [9.17, 15) is 4.79 Å². The van der Waals surface area contributed by atoms with Crippen molar-refractivity contribution in [1.82, 2.24) is 4.90 Å². The predicted molar refractivity (Wildman–Crippen MR) is 66.3 cm³/mol. The monoisotopic (exact) mass is 255 g/mol. The van der Waals surface area contributed by atoms with Crippen molar-refractivity contribution in [2.75, 3.05) is 26.4 Å². The van der Waals surface area contributed by atoms with Crippen LogP contribution in [0.1, 0.15) is 25.7 Å². The van der Waals surface area contributed by atoms with Gasteiger partial charge in [0, 0.05) is 6.54 Å². The lowest BCUT2D eigenvalue weighted by Gasteiger charge is -2.25. The number of nitrogens with zero attached hydrogens (tertiary/aromatic N) is 1. The van der Waals surface area contributed by atoms with Crippen LogP contribution in [0.2, 0.25) is 0 Å². The van der Waals surface area contributed by atoms with E-state index >= 15 is 0 Å². The van der Waals surface area contributed by atoms with Gasteiger partial charge in [-0.3, -0.25) is 4.90 Å². The van der Waals surface area contributed by atoms with Gasteiger partial charge in [0.05, 0.1) is 25.9 Å². The number of fused-ring (bicyclic) bond motifs is 1. The molecule has 2 unspecified atom stereocenters. The van der Waals surface area contributed by atoms with Crippen LogP contribution in [0.3, 0.4) is 0 Å². The van der Waals surface area contributed by atoms with Crippen molar-refractivity contribution in [2.24, 2.45) is 0 Å². The van der Waals surface area contributed by atoms with Gasteiger partial charge in [0.25, 0.3) is 0 Å². The first-order chi connectivity index (χ1) is 8.83. The van der Waals surface area contributed by atoms with Crippen LogP contribution >= 0.6 is 0 Å². The number of aliphatic hydroxyl groups excluding tert-OH is 1. The molecule has 1 amide bonds. The molecule has 1 aliphatic carbocycles. The molecule has 5 nitrogen and oxygen atoms in total. The zero-order valence-corrected chi connectivity index (χ0v) is 10.6. The highest BCUT2D eigenvalue weighted by Crippen LogP contribution is 2.28. The Morgan fingerprint density at radius 2 is 2.11 bits per heavy atom. The minimum absolute atomic E-state index is 0.0152. The third-order valence-electron chi connectivity index (χ3n) is 3.44. The Labute approximate surface area is 107 Å². The smallest absolute Gasteiger partial charge is 0.410 e. The second-order valence-electron chi connectivity index (χ2n) is 4.65. The normalized spacial score (nSPS) is 29.4. The van der Waals surface area contributed by atoms with Crippen LogP contribution < -0.4 is 0 Å². The summed E-state index contributed by atoms with van der Waals surface area (Å²) in [6, 6.07) is 0.181. The number of ether oxygens (including phenoxy) is 2. The number of hydrogen-bond donors (Lipinski definition) is 1. The second-order valence-corrected chi connectivity index (χ2v) is 4.65. The highest BCUT2D eigenvalue weighted by Gasteiger charge is 2.40. The number of amides is 1. The first-order valence-corrected chi connectivity index (χ1v) is 6.64. The van der Waals surface area contributed by atoms with E-state index in [2.05, 4.69) is 12.2 Å². The van der Waals surface area contributed by atoms with Crippen molar-refractivity contribution < 1.29 is 19.4 Å². The molecule has 1 saturated heterocycles. The minimum Gasteiger partial charge on any atom is -0.444 e. The molecule has 102 valence electrons. The lowest BCUT2D eigenvalue weighted by atomic mass is 9.98. The quantitative estimate of drug-likeness (QED) is 0.594. The number of carbonyl (C=O) groups is 1. The van der Waals surface area contributed by atoms with E-state index in [0.717, 1.165) is 25.7 Å². The summed E-state index contributed by atoms with van der Waals surface area (Å²) in [5.74, 6) is 0. The van der Waals surface area contributed by atoms with Gasteiger partial charge in [0.1, 0.15) is 6.10 Å². The maximum Gasteiger partial charge on any atom is 0.410 e. The SMILES string of the molecule is O=C1OC2CC/C=C/CCC2N1CCOCCO. The zero-order valence-electron chi connectivity index (χ0n) is 10.6. The van der Waals surface area contributed by atoms with E-state index in [1.807, 2.05) is 0 Å². The van der Waals surface area contributed by atoms with Gasteiger partial charge in [0.2, 0.25) is 0 Å². The third kappa shape index (κ3) is 3.23. The highest BCUT2D eigenvalue weighted by atomic mass is 16.6. The molecule has 2 atom stereocenters. The van der Waals surface area contributed by atoms with E-state index < -0.39 is 0 Å². The maximum absolute atomic E-state index is 11.8. The fourth-order valence-electron chi connectivity index (χ4n) is 2.55. The molecule has 0 aromatic carbocycles. The van der Waals surface area contributed by atoms with Gasteiger partial charge in [-0.05, 0) is 25.7 Å². The molecule has 2 rings (SSSR count). The molecule has 18 heavy (non-hydrogen) atoms. The number of allylic oxidation sites excluding steroid dienone is 2. The Morgan fingerprint density at radius 1 is 1.33 bits per heavy atom. The molecule has 2 aliphatic rings. The standard InChI is InChI=1S/C13H21NO4/c15-8-10-17-9-7-14-11-5-3-1-2-4-6-12(11)18-13(14)16/h1-2,11-12,15H,3-10H2/b2-1+. The fourth-order valence-corrected chi connectivity index (χ4v) is 2.55. The van der Waals surface area contributed by atoms with Gasteiger partial charge >= 0.3 is 6.09 Å². The van der Waals surface area contributed by atoms with Crippen LogP contribution in [0.15, 0.2) is 12.2 Å². The molecule has 1 heterocycles. The Morgan fingerprint density at radius 3 is 2.89 bits per heavy atom. The summed E-state index contributed by atoms with van der Waals surface area (Å²) in [4.78, 5) is 13.6. The minimum atomic E-state index is -0.223. The highest BCUT2D eigenvalue weighted by molar-refractivity contribution is 5.70. The summed E-state index contributed by atoms with van der Waals surface area (Å²) in [6.07, 6.45) is 7.97. The van der Waals surface area contributed by atoms with Crippen LogP contribution in [-0.4, -0.2) is 54.6 Å². The Kier molecular flexibility index (Phi) is 5.01. The summed E-state index contributed by atoms with van der Waals surface area (Å²) >= 11 is 0. The molecule has 0 aromatic heterocycles. The molecule has 1 fully saturated rings. The average Bonchev–Trinajstić information content (AvgIpc) is 2.61. The summed E-state index contributed by atoms with van der Waals surface area (Å²) < 4.78 is 10.6. The molecule has 0 saturated carbocycles. The first kappa shape index (κ1) is 13.4. The van der Waals surface area contributed by atoms with Crippen LogP contribution in [0, 0.1) is 0 Å². The Bertz CT molecular complexity index is 305. The average molecular weight is 255 g/mol. The maximum atomic E-state index is 11.8. The number of aliphatic hydroxyl groups is 1. The van der Waals surface area contributed by atoms with Crippen LogP contribution in [0.4, 0.5) is 4.79 Å². The lowest BCUT2D eigenvalue weighted by Crippen LogP contribution is -2.39. The van der Waals surface area contributed by atoms with Crippen molar-refractivity contribution in [2.45, 2.75) is 37.8 Å². The number of rotatable bonds is 5. The summed E-state index contributed by atoms with van der Waals surface area (Å²) in [5, 5.41) is 8.63. The Balaban J connectivity index is 1.87. The number of carbonyl (C=O) groups excluding carboxylic acids is 1. The van der Waals surface area contributed by atoms with Crippen LogP contribution in [0.5, 0.6) is 0 Å². The topological polar surface area (TPSA) is 59.0 Å². The van der Waals surface area contributed by atoms with Gasteiger partial charge in [0.15, 0.2) is 0 Å². The number of hydrogen-bond acceptors (Lipinski definition) is 4. The van der Waals surface area contributed by atoms with Gasteiger partial charge in [-0.1, -0.05) is 12.2 Å². The van der Waals surface area contributed by atoms with Crippen molar-refractivity contribution >= 4 is 6.09 Å². The summed E-state index contributed by atoms with van der Waals surface area (Å²) in [7, 11) is 0. The van der Waals surface area contributed by atoms with Gasteiger partial charge in [-0.15, -0.1) is 0 Å². The van der Waals surface area contributed by atoms with E-state index in [1.54, 1.807) is 4.90 Å². The third-order valence-corrected chi connectivity index (χ3v) is 3.44. The summed E-state index contributed by atoms with van der Waals surface area (Å²) in [5.41, 5.74) is 0. The van der Waals surface area contributed by atoms with E-state index in [0.29, 0.717) is 19.8 Å². The van der Waals surface area contributed by atoms with Crippen LogP contribution in [-0.2, 0) is 9.47 Å². The van der Waals surface area contributed by atoms with Crippen LogP contribution in [0.25, 0.3) is 0 Å². The molecule has 0 radical (unpaired) electrons. The van der Waals surface area contributed by atoms with Crippen molar-refractivity contribution in [3.8, 4) is 0 Å². The molecular weight excluding hydrogens is 234 g/mol. The fraction of sp³-hybridized carbons (Fsp3) is 0.769. The van der Waals surface area contributed by atoms with Gasteiger partial charge < -0.3 is 14.6 Å². The molecule has 5 heteroatoms. The molecule has 0 spiro atoms. The molecule has 1 N–H and O–H groups in total. The zero-order chi connectivity index (χ0) is 12.8. The van der Waals surface area contributed by atoms with Crippen molar-refractivity contribution in [1.29, 1.82) is 0 Å².